The Morgan fingerprint density at radius 3 is 2.86 bits per heavy atom. The van der Waals surface area contributed by atoms with E-state index < -0.39 is 0 Å². The third-order valence-electron chi connectivity index (χ3n) is 2.65. The van der Waals surface area contributed by atoms with Gasteiger partial charge in [0.1, 0.15) is 17.3 Å². The van der Waals surface area contributed by atoms with Gasteiger partial charge in [0.15, 0.2) is 5.13 Å². The lowest BCUT2D eigenvalue weighted by atomic mass is 10.3. The molecule has 2 heterocycles. The van der Waals surface area contributed by atoms with Crippen molar-refractivity contribution in [2.45, 2.75) is 6.92 Å². The molecule has 0 saturated carbocycles. The van der Waals surface area contributed by atoms with Crippen LogP contribution in [-0.2, 0) is 0 Å². The van der Waals surface area contributed by atoms with Crippen LogP contribution in [0, 0.1) is 6.92 Å². The van der Waals surface area contributed by atoms with Gasteiger partial charge in [-0.25, -0.2) is 9.97 Å². The predicted octanol–water partition coefficient (Wildman–Crippen LogP) is 5.04. The van der Waals surface area contributed by atoms with Gasteiger partial charge in [0.2, 0.25) is 0 Å². The summed E-state index contributed by atoms with van der Waals surface area (Å²) in [7, 11) is 0. The molecule has 6 heteroatoms. The first kappa shape index (κ1) is 13.9. The summed E-state index contributed by atoms with van der Waals surface area (Å²) < 4.78 is 5.76. The molecule has 0 fully saturated rings. The van der Waals surface area contributed by atoms with E-state index in [-0.39, 0.29) is 0 Å². The van der Waals surface area contributed by atoms with Gasteiger partial charge in [0.05, 0.1) is 10.7 Å². The Morgan fingerprint density at radius 2 is 2.10 bits per heavy atom. The van der Waals surface area contributed by atoms with E-state index in [9.17, 15) is 0 Å². The highest BCUT2D eigenvalue weighted by Crippen LogP contribution is 2.30. The highest BCUT2D eigenvalue weighted by Gasteiger charge is 2.05. The van der Waals surface area contributed by atoms with Gasteiger partial charge in [0, 0.05) is 17.6 Å². The molecule has 1 aromatic carbocycles. The summed E-state index contributed by atoms with van der Waals surface area (Å²) in [6, 6.07) is 10.9. The van der Waals surface area contributed by atoms with Crippen molar-refractivity contribution in [1.82, 2.24) is 9.97 Å². The first-order valence-electron chi connectivity index (χ1n) is 6.28. The van der Waals surface area contributed by atoms with E-state index in [0.29, 0.717) is 22.3 Å². The van der Waals surface area contributed by atoms with Gasteiger partial charge in [0.25, 0.3) is 0 Å². The van der Waals surface area contributed by atoms with Crippen molar-refractivity contribution < 1.29 is 4.74 Å². The molecule has 0 unspecified atom stereocenters. The maximum atomic E-state index is 6.08. The van der Waals surface area contributed by atoms with Crippen molar-refractivity contribution in [2.24, 2.45) is 0 Å². The third kappa shape index (κ3) is 3.51. The number of nitrogens with one attached hydrogen (secondary N) is 1. The zero-order valence-electron chi connectivity index (χ0n) is 11.2. The summed E-state index contributed by atoms with van der Waals surface area (Å²) in [6.45, 7) is 1.95. The van der Waals surface area contributed by atoms with Crippen molar-refractivity contribution in [1.29, 1.82) is 0 Å². The minimum absolute atomic E-state index is 0.569. The Labute approximate surface area is 131 Å². The SMILES string of the molecule is Cc1csc(Nc2cc(Oc3ccccc3Cl)ccn2)n1. The number of rotatable bonds is 4. The molecule has 3 aromatic rings. The maximum Gasteiger partial charge on any atom is 0.188 e. The number of aromatic nitrogens is 2. The van der Waals surface area contributed by atoms with Gasteiger partial charge in [-0.15, -0.1) is 11.3 Å². The Morgan fingerprint density at radius 1 is 1.24 bits per heavy atom. The Bertz CT molecular complexity index is 760. The lowest BCUT2D eigenvalue weighted by molar-refractivity contribution is 0.482. The molecule has 0 aliphatic heterocycles. The van der Waals surface area contributed by atoms with E-state index in [1.54, 1.807) is 24.4 Å². The van der Waals surface area contributed by atoms with Gasteiger partial charge in [-0.2, -0.15) is 0 Å². The Kier molecular flexibility index (Phi) is 4.03. The normalized spacial score (nSPS) is 10.4. The number of nitrogens with zero attached hydrogens (tertiary/aromatic N) is 2. The fourth-order valence-corrected chi connectivity index (χ4v) is 2.59. The molecule has 106 valence electrons. The number of anilines is 2. The summed E-state index contributed by atoms with van der Waals surface area (Å²) in [5.41, 5.74) is 0.978. The summed E-state index contributed by atoms with van der Waals surface area (Å²) in [6.07, 6.45) is 1.68. The van der Waals surface area contributed by atoms with Crippen molar-refractivity contribution in [3.8, 4) is 11.5 Å². The van der Waals surface area contributed by atoms with Gasteiger partial charge in [-0.3, -0.25) is 0 Å². The summed E-state index contributed by atoms with van der Waals surface area (Å²) in [5.74, 6) is 1.95. The van der Waals surface area contributed by atoms with Crippen molar-refractivity contribution in [2.75, 3.05) is 5.32 Å². The van der Waals surface area contributed by atoms with E-state index in [4.69, 9.17) is 16.3 Å². The number of ether oxygens (including phenoxy) is 1. The predicted molar refractivity (Wildman–Crippen MR) is 85.9 cm³/mol. The highest BCUT2D eigenvalue weighted by atomic mass is 35.5. The quantitative estimate of drug-likeness (QED) is 0.732. The third-order valence-corrected chi connectivity index (χ3v) is 3.84. The van der Waals surface area contributed by atoms with Crippen LogP contribution in [0.25, 0.3) is 0 Å². The van der Waals surface area contributed by atoms with E-state index in [1.165, 1.54) is 11.3 Å². The Balaban J connectivity index is 1.78. The second-order valence-electron chi connectivity index (χ2n) is 4.33. The van der Waals surface area contributed by atoms with Crippen LogP contribution in [-0.4, -0.2) is 9.97 Å². The topological polar surface area (TPSA) is 47.0 Å². The molecule has 4 nitrogen and oxygen atoms in total. The van der Waals surface area contributed by atoms with Crippen molar-refractivity contribution >= 4 is 33.9 Å². The largest absolute Gasteiger partial charge is 0.456 e. The first-order chi connectivity index (χ1) is 10.2. The smallest absolute Gasteiger partial charge is 0.188 e. The summed E-state index contributed by atoms with van der Waals surface area (Å²) in [4.78, 5) is 8.59. The van der Waals surface area contributed by atoms with Crippen molar-refractivity contribution in [3.05, 3.63) is 58.7 Å². The molecular formula is C15H12ClN3OS. The Hall–Kier alpha value is -2.11. The molecule has 0 aliphatic carbocycles. The molecule has 0 bridgehead atoms. The monoisotopic (exact) mass is 317 g/mol. The maximum absolute atomic E-state index is 6.08. The molecular weight excluding hydrogens is 306 g/mol. The average molecular weight is 318 g/mol. The summed E-state index contributed by atoms with van der Waals surface area (Å²) in [5, 5.41) is 6.50. The van der Waals surface area contributed by atoms with Crippen LogP contribution in [0.1, 0.15) is 5.69 Å². The lowest BCUT2D eigenvalue weighted by Gasteiger charge is -2.08. The zero-order valence-corrected chi connectivity index (χ0v) is 12.8. The van der Waals surface area contributed by atoms with Crippen LogP contribution in [0.2, 0.25) is 5.02 Å². The average Bonchev–Trinajstić information content (AvgIpc) is 2.87. The van der Waals surface area contributed by atoms with E-state index in [1.807, 2.05) is 30.5 Å². The van der Waals surface area contributed by atoms with Gasteiger partial charge >= 0.3 is 0 Å². The fraction of sp³-hybridized carbons (Fsp3) is 0.0667. The molecule has 0 spiro atoms. The first-order valence-corrected chi connectivity index (χ1v) is 7.54. The zero-order chi connectivity index (χ0) is 14.7. The minimum Gasteiger partial charge on any atom is -0.456 e. The van der Waals surface area contributed by atoms with Crippen LogP contribution in [0.3, 0.4) is 0 Å². The lowest BCUT2D eigenvalue weighted by Crippen LogP contribution is -1.94. The number of pyridine rings is 1. The van der Waals surface area contributed by atoms with Gasteiger partial charge in [-0.1, -0.05) is 23.7 Å². The second-order valence-corrected chi connectivity index (χ2v) is 5.59. The molecule has 0 saturated heterocycles. The number of aryl methyl sites for hydroxylation is 1. The van der Waals surface area contributed by atoms with Crippen LogP contribution in [0.4, 0.5) is 10.9 Å². The minimum atomic E-state index is 0.569. The second kappa shape index (κ2) is 6.11. The van der Waals surface area contributed by atoms with Crippen molar-refractivity contribution in [3.63, 3.8) is 0 Å². The number of benzene rings is 1. The molecule has 0 aliphatic rings. The molecule has 0 amide bonds. The molecule has 2 aromatic heterocycles. The standard InChI is InChI=1S/C15H12ClN3OS/c1-10-9-21-15(18-10)19-14-8-11(6-7-17-14)20-13-5-3-2-4-12(13)16/h2-9H,1H3,(H,17,18,19). The van der Waals surface area contributed by atoms with E-state index in [2.05, 4.69) is 15.3 Å². The van der Waals surface area contributed by atoms with Crippen LogP contribution >= 0.6 is 22.9 Å². The molecule has 3 rings (SSSR count). The fourth-order valence-electron chi connectivity index (χ4n) is 1.72. The molecule has 1 N–H and O–H groups in total. The number of halogens is 1. The molecule has 0 atom stereocenters. The summed E-state index contributed by atoms with van der Waals surface area (Å²) >= 11 is 7.61. The number of hydrogen-bond donors (Lipinski definition) is 1. The van der Waals surface area contributed by atoms with E-state index >= 15 is 0 Å². The molecule has 0 radical (unpaired) electrons. The van der Waals surface area contributed by atoms with Gasteiger partial charge < -0.3 is 10.1 Å². The molecule has 21 heavy (non-hydrogen) atoms. The number of hydrogen-bond acceptors (Lipinski definition) is 5. The number of thiazole rings is 1. The van der Waals surface area contributed by atoms with E-state index in [0.717, 1.165) is 10.8 Å². The van der Waals surface area contributed by atoms with Crippen LogP contribution < -0.4 is 10.1 Å². The van der Waals surface area contributed by atoms with Crippen LogP contribution in [0.15, 0.2) is 48.0 Å². The highest BCUT2D eigenvalue weighted by molar-refractivity contribution is 7.13. The number of para-hydroxylation sites is 1. The van der Waals surface area contributed by atoms with Gasteiger partial charge in [-0.05, 0) is 25.1 Å². The van der Waals surface area contributed by atoms with Crippen LogP contribution in [0.5, 0.6) is 11.5 Å².